The molecule has 6 nitrogen and oxygen atoms in total. The zero-order valence-corrected chi connectivity index (χ0v) is 17.1. The summed E-state index contributed by atoms with van der Waals surface area (Å²) in [5.74, 6) is 0.634. The van der Waals surface area contributed by atoms with Gasteiger partial charge in [-0.3, -0.25) is 4.79 Å². The molecule has 0 atom stereocenters. The molecule has 0 radical (unpaired) electrons. The van der Waals surface area contributed by atoms with Crippen molar-refractivity contribution >= 4 is 49.6 Å². The van der Waals surface area contributed by atoms with Gasteiger partial charge in [-0.05, 0) is 35.9 Å². The number of thiazole rings is 1. The number of nitrogens with one attached hydrogen (secondary N) is 2. The summed E-state index contributed by atoms with van der Waals surface area (Å²) in [5.41, 5.74) is 4.52. The van der Waals surface area contributed by atoms with Crippen molar-refractivity contribution in [3.8, 4) is 0 Å². The van der Waals surface area contributed by atoms with Crippen LogP contribution in [-0.4, -0.2) is 20.4 Å². The molecule has 0 fully saturated rings. The van der Waals surface area contributed by atoms with Crippen LogP contribution in [0, 0.1) is 0 Å². The molecule has 2 N–H and O–H groups in total. The minimum absolute atomic E-state index is 0.0981. The largest absolute Gasteiger partial charge is 0.348 e. The number of benzene rings is 3. The van der Waals surface area contributed by atoms with E-state index in [1.807, 2.05) is 78.3 Å². The summed E-state index contributed by atoms with van der Waals surface area (Å²) in [6.45, 7) is 0.500. The molecule has 0 unspecified atom stereocenters. The second-order valence-electron chi connectivity index (χ2n) is 6.98. The van der Waals surface area contributed by atoms with Crippen LogP contribution >= 0.6 is 11.3 Å². The molecule has 1 amide bonds. The van der Waals surface area contributed by atoms with Gasteiger partial charge >= 0.3 is 0 Å². The van der Waals surface area contributed by atoms with E-state index >= 15 is 0 Å². The lowest BCUT2D eigenvalue weighted by atomic mass is 10.2. The zero-order chi connectivity index (χ0) is 20.5. The summed E-state index contributed by atoms with van der Waals surface area (Å²) >= 11 is 1.50. The van der Waals surface area contributed by atoms with Gasteiger partial charge in [0.05, 0.1) is 21.3 Å². The highest BCUT2D eigenvalue weighted by Crippen LogP contribution is 2.29. The number of rotatable bonds is 5. The Morgan fingerprint density at radius 2 is 1.77 bits per heavy atom. The number of nitrogens with zero attached hydrogens (tertiary/aromatic N) is 3. The van der Waals surface area contributed by atoms with Gasteiger partial charge in [0, 0.05) is 19.2 Å². The molecule has 148 valence electrons. The van der Waals surface area contributed by atoms with Crippen molar-refractivity contribution in [1.82, 2.24) is 19.9 Å². The second-order valence-corrected chi connectivity index (χ2v) is 8.01. The van der Waals surface area contributed by atoms with E-state index in [1.165, 1.54) is 11.3 Å². The maximum absolute atomic E-state index is 12.5. The number of imidazole rings is 1. The summed E-state index contributed by atoms with van der Waals surface area (Å²) in [4.78, 5) is 21.8. The van der Waals surface area contributed by atoms with Gasteiger partial charge in [-0.25, -0.2) is 9.97 Å². The fourth-order valence-electron chi connectivity index (χ4n) is 3.35. The molecule has 5 rings (SSSR count). The standard InChI is InChI=1S/C23H19N5OS/c1-28-19-10-6-5-9-17(19)25-22(28)27-23-26-18-12-11-16(13-20(18)30-23)21(29)24-14-15-7-3-2-4-8-15/h2-13H,14H2,1H3,(H,24,29)(H,25,26,27). The highest BCUT2D eigenvalue weighted by atomic mass is 32.1. The summed E-state index contributed by atoms with van der Waals surface area (Å²) in [5, 5.41) is 7.01. The average Bonchev–Trinajstić information content (AvgIpc) is 3.33. The van der Waals surface area contributed by atoms with Crippen LogP contribution in [0.2, 0.25) is 0 Å². The molecule has 0 bridgehead atoms. The van der Waals surface area contributed by atoms with Gasteiger partial charge in [-0.2, -0.15) is 0 Å². The summed E-state index contributed by atoms with van der Waals surface area (Å²) < 4.78 is 2.95. The lowest BCUT2D eigenvalue weighted by Gasteiger charge is -2.05. The van der Waals surface area contributed by atoms with Crippen LogP contribution in [0.15, 0.2) is 72.8 Å². The first-order valence-corrected chi connectivity index (χ1v) is 10.4. The normalized spacial score (nSPS) is 11.1. The Balaban J connectivity index is 1.35. The molecule has 3 aromatic carbocycles. The number of aromatic nitrogens is 3. The van der Waals surface area contributed by atoms with Gasteiger partial charge in [-0.15, -0.1) is 0 Å². The van der Waals surface area contributed by atoms with Crippen molar-refractivity contribution in [2.45, 2.75) is 6.54 Å². The number of hydrogen-bond acceptors (Lipinski definition) is 5. The van der Waals surface area contributed by atoms with Crippen molar-refractivity contribution in [2.75, 3.05) is 5.32 Å². The van der Waals surface area contributed by atoms with E-state index in [0.29, 0.717) is 12.1 Å². The van der Waals surface area contributed by atoms with E-state index in [-0.39, 0.29) is 5.91 Å². The monoisotopic (exact) mass is 413 g/mol. The minimum Gasteiger partial charge on any atom is -0.348 e. The molecule has 0 spiro atoms. The first-order valence-electron chi connectivity index (χ1n) is 9.58. The summed E-state index contributed by atoms with van der Waals surface area (Å²) in [6.07, 6.45) is 0. The van der Waals surface area contributed by atoms with Crippen LogP contribution in [0.25, 0.3) is 21.3 Å². The van der Waals surface area contributed by atoms with Crippen LogP contribution in [0.3, 0.4) is 0 Å². The molecule has 0 saturated carbocycles. The molecule has 0 saturated heterocycles. The highest BCUT2D eigenvalue weighted by Gasteiger charge is 2.12. The first-order chi connectivity index (χ1) is 14.7. The number of hydrogen-bond donors (Lipinski definition) is 2. The first kappa shape index (κ1) is 18.3. The van der Waals surface area contributed by atoms with Gasteiger partial charge in [0.25, 0.3) is 5.91 Å². The van der Waals surface area contributed by atoms with E-state index in [1.54, 1.807) is 6.07 Å². The third-order valence-electron chi connectivity index (χ3n) is 4.95. The molecule has 7 heteroatoms. The predicted octanol–water partition coefficient (Wildman–Crippen LogP) is 4.86. The summed E-state index contributed by atoms with van der Waals surface area (Å²) in [6, 6.07) is 23.4. The van der Waals surface area contributed by atoms with Gasteiger partial charge in [0.15, 0.2) is 5.13 Å². The van der Waals surface area contributed by atoms with Gasteiger partial charge < -0.3 is 15.2 Å². The molecule has 0 aliphatic carbocycles. The van der Waals surface area contributed by atoms with Crippen LogP contribution < -0.4 is 10.6 Å². The van der Waals surface area contributed by atoms with E-state index in [9.17, 15) is 4.79 Å². The fourth-order valence-corrected chi connectivity index (χ4v) is 4.25. The van der Waals surface area contributed by atoms with E-state index in [2.05, 4.69) is 20.6 Å². The third kappa shape index (κ3) is 3.51. The van der Waals surface area contributed by atoms with Crippen molar-refractivity contribution in [3.05, 3.63) is 83.9 Å². The highest BCUT2D eigenvalue weighted by molar-refractivity contribution is 7.22. The number of fused-ring (bicyclic) bond motifs is 2. The Labute approximate surface area is 177 Å². The van der Waals surface area contributed by atoms with Crippen molar-refractivity contribution in [1.29, 1.82) is 0 Å². The fraction of sp³-hybridized carbons (Fsp3) is 0.0870. The lowest BCUT2D eigenvalue weighted by molar-refractivity contribution is 0.0951. The van der Waals surface area contributed by atoms with Crippen LogP contribution in [0.5, 0.6) is 0 Å². The molecular weight excluding hydrogens is 394 g/mol. The van der Waals surface area contributed by atoms with Crippen LogP contribution in [0.1, 0.15) is 15.9 Å². The quantitative estimate of drug-likeness (QED) is 0.432. The molecule has 0 aliphatic rings. The third-order valence-corrected chi connectivity index (χ3v) is 5.89. The molecule has 30 heavy (non-hydrogen) atoms. The van der Waals surface area contributed by atoms with Gasteiger partial charge in [0.1, 0.15) is 0 Å². The SMILES string of the molecule is Cn1c(Nc2nc3ccc(C(=O)NCc4ccccc4)cc3s2)nc2ccccc21. The predicted molar refractivity (Wildman–Crippen MR) is 121 cm³/mol. The topological polar surface area (TPSA) is 71.8 Å². The van der Waals surface area contributed by atoms with E-state index < -0.39 is 0 Å². The van der Waals surface area contributed by atoms with Gasteiger partial charge in [-0.1, -0.05) is 53.8 Å². The minimum atomic E-state index is -0.0981. The van der Waals surface area contributed by atoms with Crippen molar-refractivity contribution < 1.29 is 4.79 Å². The maximum atomic E-state index is 12.5. The van der Waals surface area contributed by atoms with Crippen LogP contribution in [0.4, 0.5) is 11.1 Å². The Morgan fingerprint density at radius 1 is 0.967 bits per heavy atom. The number of para-hydroxylation sites is 2. The van der Waals surface area contributed by atoms with E-state index in [0.717, 1.165) is 37.9 Å². The second kappa shape index (κ2) is 7.61. The molecular formula is C23H19N5OS. The van der Waals surface area contributed by atoms with Gasteiger partial charge in [0.2, 0.25) is 5.95 Å². The molecule has 2 heterocycles. The van der Waals surface area contributed by atoms with Crippen molar-refractivity contribution in [2.24, 2.45) is 7.05 Å². The number of carbonyl (C=O) groups is 1. The number of amides is 1. The lowest BCUT2D eigenvalue weighted by Crippen LogP contribution is -2.22. The Hall–Kier alpha value is -3.71. The van der Waals surface area contributed by atoms with Crippen molar-refractivity contribution in [3.63, 3.8) is 0 Å². The Morgan fingerprint density at radius 3 is 2.60 bits per heavy atom. The maximum Gasteiger partial charge on any atom is 0.251 e. The molecule has 2 aromatic heterocycles. The number of carbonyl (C=O) groups excluding carboxylic acids is 1. The smallest absolute Gasteiger partial charge is 0.251 e. The summed E-state index contributed by atoms with van der Waals surface area (Å²) in [7, 11) is 1.97. The zero-order valence-electron chi connectivity index (χ0n) is 16.3. The number of aryl methyl sites for hydroxylation is 1. The Kier molecular flexibility index (Phi) is 4.65. The average molecular weight is 414 g/mol. The van der Waals surface area contributed by atoms with E-state index in [4.69, 9.17) is 0 Å². The Bertz CT molecular complexity index is 1360. The van der Waals surface area contributed by atoms with Crippen LogP contribution in [-0.2, 0) is 13.6 Å². The molecule has 0 aliphatic heterocycles. The number of anilines is 2. The molecule has 5 aromatic rings.